The minimum atomic E-state index is 0.241. The highest BCUT2D eigenvalue weighted by molar-refractivity contribution is 5.84. The molecule has 0 saturated heterocycles. The number of aryl methyl sites for hydroxylation is 3. The van der Waals surface area contributed by atoms with Gasteiger partial charge in [-0.05, 0) is 59.9 Å². The van der Waals surface area contributed by atoms with Crippen LogP contribution in [-0.4, -0.2) is 0 Å². The average Bonchev–Trinajstić information content (AvgIpc) is 2.88. The fraction of sp³-hybridized carbons (Fsp3) is 0.391. The van der Waals surface area contributed by atoms with E-state index in [2.05, 4.69) is 78.0 Å². The van der Waals surface area contributed by atoms with Gasteiger partial charge >= 0.3 is 0 Å². The lowest BCUT2D eigenvalue weighted by molar-refractivity contribution is 0.498. The van der Waals surface area contributed by atoms with Crippen LogP contribution < -0.4 is 0 Å². The second kappa shape index (κ2) is 5.67. The summed E-state index contributed by atoms with van der Waals surface area (Å²) >= 11 is 0. The molecule has 120 valence electrons. The Balaban J connectivity index is 2.25. The Bertz CT molecular complexity index is 762. The summed E-state index contributed by atoms with van der Waals surface area (Å²) < 4.78 is 0. The smallest absolute Gasteiger partial charge is 0.00523 e. The predicted octanol–water partition coefficient (Wildman–Crippen LogP) is 6.52. The number of hydrogen-bond donors (Lipinski definition) is 0. The van der Waals surface area contributed by atoms with Crippen molar-refractivity contribution in [1.82, 2.24) is 0 Å². The molecule has 3 rings (SSSR count). The average molecular weight is 304 g/mol. The van der Waals surface area contributed by atoms with Crippen LogP contribution in [0.2, 0.25) is 0 Å². The van der Waals surface area contributed by atoms with Gasteiger partial charge in [-0.2, -0.15) is 0 Å². The summed E-state index contributed by atoms with van der Waals surface area (Å²) in [4.78, 5) is 0. The summed E-state index contributed by atoms with van der Waals surface area (Å²) in [6.07, 6.45) is 4.64. The minimum Gasteiger partial charge on any atom is -0.0613 e. The van der Waals surface area contributed by atoms with Gasteiger partial charge in [-0.3, -0.25) is 0 Å². The molecule has 0 spiro atoms. The highest BCUT2D eigenvalue weighted by Gasteiger charge is 2.25. The highest BCUT2D eigenvalue weighted by Crippen LogP contribution is 2.42. The standard InChI is InChI=1S/C23H28/c1-7-17-8-9-18-13-20(23(4,5)6)14-21(18)22(17)19-11-15(2)10-16(3)12-19/h8-12,14H,7,13H2,1-6H3. The first-order valence-corrected chi connectivity index (χ1v) is 8.74. The van der Waals surface area contributed by atoms with Gasteiger partial charge < -0.3 is 0 Å². The third-order valence-corrected chi connectivity index (χ3v) is 4.98. The molecular weight excluding hydrogens is 276 g/mol. The molecule has 0 amide bonds. The largest absolute Gasteiger partial charge is 0.0613 e. The molecule has 0 atom stereocenters. The second-order valence-corrected chi connectivity index (χ2v) is 8.00. The molecule has 0 heterocycles. The van der Waals surface area contributed by atoms with Crippen molar-refractivity contribution >= 4 is 6.08 Å². The third kappa shape index (κ3) is 3.00. The van der Waals surface area contributed by atoms with Crippen LogP contribution >= 0.6 is 0 Å². The van der Waals surface area contributed by atoms with Crippen molar-refractivity contribution in [1.29, 1.82) is 0 Å². The van der Waals surface area contributed by atoms with E-state index in [1.165, 1.54) is 38.9 Å². The summed E-state index contributed by atoms with van der Waals surface area (Å²) in [6, 6.07) is 11.6. The minimum absolute atomic E-state index is 0.241. The molecule has 0 N–H and O–H groups in total. The number of allylic oxidation sites excluding steroid dienone is 1. The normalized spacial score (nSPS) is 13.9. The zero-order valence-electron chi connectivity index (χ0n) is 15.4. The van der Waals surface area contributed by atoms with Gasteiger partial charge in [0, 0.05) is 0 Å². The van der Waals surface area contributed by atoms with E-state index in [-0.39, 0.29) is 5.41 Å². The van der Waals surface area contributed by atoms with E-state index in [0.717, 1.165) is 12.8 Å². The van der Waals surface area contributed by atoms with Gasteiger partial charge in [0.15, 0.2) is 0 Å². The highest BCUT2D eigenvalue weighted by atomic mass is 14.3. The molecular formula is C23H28. The first-order chi connectivity index (χ1) is 10.8. The molecule has 0 aromatic heterocycles. The monoisotopic (exact) mass is 304 g/mol. The van der Waals surface area contributed by atoms with E-state index in [0.29, 0.717) is 0 Å². The number of fused-ring (bicyclic) bond motifs is 1. The maximum atomic E-state index is 2.46. The van der Waals surface area contributed by atoms with E-state index in [1.54, 1.807) is 5.57 Å². The van der Waals surface area contributed by atoms with E-state index in [4.69, 9.17) is 0 Å². The molecule has 23 heavy (non-hydrogen) atoms. The molecule has 2 aromatic carbocycles. The van der Waals surface area contributed by atoms with Gasteiger partial charge in [0.05, 0.1) is 0 Å². The van der Waals surface area contributed by atoms with E-state index in [9.17, 15) is 0 Å². The zero-order valence-corrected chi connectivity index (χ0v) is 15.4. The van der Waals surface area contributed by atoms with Gasteiger partial charge in [0.25, 0.3) is 0 Å². The lowest BCUT2D eigenvalue weighted by Gasteiger charge is -2.19. The van der Waals surface area contributed by atoms with Crippen molar-refractivity contribution in [2.24, 2.45) is 5.41 Å². The summed E-state index contributed by atoms with van der Waals surface area (Å²) in [7, 11) is 0. The molecule has 2 aromatic rings. The molecule has 0 heteroatoms. The summed E-state index contributed by atoms with van der Waals surface area (Å²) in [5.74, 6) is 0. The Morgan fingerprint density at radius 3 is 2.17 bits per heavy atom. The quantitative estimate of drug-likeness (QED) is 0.592. The Morgan fingerprint density at radius 1 is 0.957 bits per heavy atom. The summed E-state index contributed by atoms with van der Waals surface area (Å²) in [6.45, 7) is 13.6. The molecule has 1 aliphatic carbocycles. The molecule has 0 radical (unpaired) electrons. The number of benzene rings is 2. The zero-order chi connectivity index (χ0) is 16.8. The molecule has 0 aliphatic heterocycles. The van der Waals surface area contributed by atoms with Gasteiger partial charge in [-0.25, -0.2) is 0 Å². The fourth-order valence-electron chi connectivity index (χ4n) is 3.69. The van der Waals surface area contributed by atoms with E-state index >= 15 is 0 Å². The van der Waals surface area contributed by atoms with Crippen molar-refractivity contribution in [2.45, 2.75) is 54.4 Å². The summed E-state index contributed by atoms with van der Waals surface area (Å²) in [5, 5.41) is 0. The number of hydrogen-bond acceptors (Lipinski definition) is 0. The molecule has 0 bridgehead atoms. The Labute approximate surface area is 141 Å². The molecule has 0 unspecified atom stereocenters. The fourth-order valence-corrected chi connectivity index (χ4v) is 3.69. The van der Waals surface area contributed by atoms with Crippen molar-refractivity contribution in [3.05, 3.63) is 63.7 Å². The lowest BCUT2D eigenvalue weighted by Crippen LogP contribution is -2.08. The first kappa shape index (κ1) is 16.1. The lowest BCUT2D eigenvalue weighted by atomic mass is 9.85. The maximum absolute atomic E-state index is 2.46. The van der Waals surface area contributed by atoms with Crippen LogP contribution in [0.25, 0.3) is 17.2 Å². The molecule has 0 nitrogen and oxygen atoms in total. The Hall–Kier alpha value is -1.82. The van der Waals surface area contributed by atoms with Crippen molar-refractivity contribution in [2.75, 3.05) is 0 Å². The van der Waals surface area contributed by atoms with Crippen LogP contribution in [-0.2, 0) is 12.8 Å². The SMILES string of the molecule is CCc1ccc2c(c1-c1cc(C)cc(C)c1)C=C(C(C)(C)C)C2. The van der Waals surface area contributed by atoms with Gasteiger partial charge in [-0.1, -0.05) is 80.8 Å². The van der Waals surface area contributed by atoms with Gasteiger partial charge in [0.2, 0.25) is 0 Å². The molecule has 1 aliphatic rings. The van der Waals surface area contributed by atoms with E-state index < -0.39 is 0 Å². The Kier molecular flexibility index (Phi) is 3.96. The van der Waals surface area contributed by atoms with Crippen molar-refractivity contribution < 1.29 is 0 Å². The van der Waals surface area contributed by atoms with Gasteiger partial charge in [-0.15, -0.1) is 0 Å². The van der Waals surface area contributed by atoms with Crippen molar-refractivity contribution in [3.8, 4) is 11.1 Å². The van der Waals surface area contributed by atoms with Crippen LogP contribution in [0.3, 0.4) is 0 Å². The van der Waals surface area contributed by atoms with Crippen LogP contribution in [0, 0.1) is 19.3 Å². The van der Waals surface area contributed by atoms with Crippen LogP contribution in [0.5, 0.6) is 0 Å². The Morgan fingerprint density at radius 2 is 1.61 bits per heavy atom. The van der Waals surface area contributed by atoms with Crippen LogP contribution in [0.4, 0.5) is 0 Å². The topological polar surface area (TPSA) is 0 Å². The van der Waals surface area contributed by atoms with E-state index in [1.807, 2.05) is 0 Å². The predicted molar refractivity (Wildman–Crippen MR) is 102 cm³/mol. The third-order valence-electron chi connectivity index (χ3n) is 4.98. The maximum Gasteiger partial charge on any atom is -0.00523 e. The molecule has 0 fully saturated rings. The van der Waals surface area contributed by atoms with Crippen LogP contribution in [0.1, 0.15) is 55.5 Å². The second-order valence-electron chi connectivity index (χ2n) is 8.00. The summed E-state index contributed by atoms with van der Waals surface area (Å²) in [5.41, 5.74) is 11.7. The van der Waals surface area contributed by atoms with Crippen LogP contribution in [0.15, 0.2) is 35.9 Å². The van der Waals surface area contributed by atoms with Gasteiger partial charge in [0.1, 0.15) is 0 Å². The number of rotatable bonds is 2. The van der Waals surface area contributed by atoms with Crippen molar-refractivity contribution in [3.63, 3.8) is 0 Å². The molecule has 0 saturated carbocycles. The first-order valence-electron chi connectivity index (χ1n) is 8.74.